The third kappa shape index (κ3) is 3.22. The molecular formula is C15H18N2OS2. The number of rotatable bonds is 4. The predicted octanol–water partition coefficient (Wildman–Crippen LogP) is 3.36. The van der Waals surface area contributed by atoms with Gasteiger partial charge in [0.05, 0.1) is 4.91 Å². The molecule has 1 aromatic carbocycles. The fraction of sp³-hybridized carbons (Fsp3) is 0.333. The highest BCUT2D eigenvalue weighted by molar-refractivity contribution is 8.26. The zero-order valence-corrected chi connectivity index (χ0v) is 13.6. The van der Waals surface area contributed by atoms with Gasteiger partial charge in [0.1, 0.15) is 4.32 Å². The first-order chi connectivity index (χ1) is 9.52. The molecule has 1 heterocycles. The van der Waals surface area contributed by atoms with Gasteiger partial charge in [-0.3, -0.25) is 9.69 Å². The summed E-state index contributed by atoms with van der Waals surface area (Å²) in [5.41, 5.74) is 2.16. The number of thioether (sulfide) groups is 1. The Bertz CT molecular complexity index is 549. The molecule has 0 aromatic heterocycles. The topological polar surface area (TPSA) is 23.6 Å². The van der Waals surface area contributed by atoms with Crippen LogP contribution in [-0.2, 0) is 4.79 Å². The maximum Gasteiger partial charge on any atom is 0.266 e. The van der Waals surface area contributed by atoms with Gasteiger partial charge >= 0.3 is 0 Å². The van der Waals surface area contributed by atoms with Gasteiger partial charge in [0.25, 0.3) is 5.91 Å². The SMILES string of the molecule is CCCN1C(=O)C(=Cc2ccc(N(C)C)cc2)SC1=S. The van der Waals surface area contributed by atoms with Crippen molar-refractivity contribution in [2.75, 3.05) is 25.5 Å². The smallest absolute Gasteiger partial charge is 0.266 e. The van der Waals surface area contributed by atoms with Gasteiger partial charge in [-0.1, -0.05) is 43.0 Å². The second-order valence-electron chi connectivity index (χ2n) is 4.82. The van der Waals surface area contributed by atoms with Gasteiger partial charge < -0.3 is 4.90 Å². The van der Waals surface area contributed by atoms with Crippen molar-refractivity contribution in [3.8, 4) is 0 Å². The van der Waals surface area contributed by atoms with Gasteiger partial charge in [0, 0.05) is 26.3 Å². The minimum absolute atomic E-state index is 0.0264. The molecule has 0 unspecified atom stereocenters. The molecule has 1 amide bonds. The van der Waals surface area contributed by atoms with Gasteiger partial charge in [-0.2, -0.15) is 0 Å². The molecule has 0 radical (unpaired) electrons. The maximum absolute atomic E-state index is 12.2. The highest BCUT2D eigenvalue weighted by atomic mass is 32.2. The summed E-state index contributed by atoms with van der Waals surface area (Å²) in [7, 11) is 4.01. The third-order valence-corrected chi connectivity index (χ3v) is 4.41. The molecule has 106 valence electrons. The molecule has 1 fully saturated rings. The first-order valence-electron chi connectivity index (χ1n) is 6.55. The van der Waals surface area contributed by atoms with Gasteiger partial charge in [-0.15, -0.1) is 0 Å². The van der Waals surface area contributed by atoms with E-state index < -0.39 is 0 Å². The lowest BCUT2D eigenvalue weighted by Gasteiger charge is -2.12. The number of hydrogen-bond donors (Lipinski definition) is 0. The van der Waals surface area contributed by atoms with Crippen molar-refractivity contribution in [3.63, 3.8) is 0 Å². The Balaban J connectivity index is 2.19. The molecule has 1 aromatic rings. The van der Waals surface area contributed by atoms with Gasteiger partial charge in [-0.25, -0.2) is 0 Å². The van der Waals surface area contributed by atoms with Crippen molar-refractivity contribution in [2.45, 2.75) is 13.3 Å². The first-order valence-corrected chi connectivity index (χ1v) is 7.78. The van der Waals surface area contributed by atoms with E-state index >= 15 is 0 Å². The number of carbonyl (C=O) groups excluding carboxylic acids is 1. The minimum Gasteiger partial charge on any atom is -0.378 e. The van der Waals surface area contributed by atoms with Gasteiger partial charge in [0.2, 0.25) is 0 Å². The number of benzene rings is 1. The van der Waals surface area contributed by atoms with Crippen LogP contribution in [0.1, 0.15) is 18.9 Å². The van der Waals surface area contributed by atoms with E-state index in [-0.39, 0.29) is 5.91 Å². The molecule has 0 spiro atoms. The van der Waals surface area contributed by atoms with Gasteiger partial charge in [-0.05, 0) is 30.2 Å². The van der Waals surface area contributed by atoms with Crippen molar-refractivity contribution in [1.29, 1.82) is 0 Å². The second kappa shape index (κ2) is 6.41. The number of anilines is 1. The highest BCUT2D eigenvalue weighted by Crippen LogP contribution is 2.32. The van der Waals surface area contributed by atoms with Crippen LogP contribution in [0.25, 0.3) is 6.08 Å². The van der Waals surface area contributed by atoms with E-state index in [9.17, 15) is 4.79 Å². The fourth-order valence-corrected chi connectivity index (χ4v) is 3.25. The summed E-state index contributed by atoms with van der Waals surface area (Å²) in [5, 5.41) is 0. The van der Waals surface area contributed by atoms with Crippen LogP contribution < -0.4 is 4.90 Å². The zero-order chi connectivity index (χ0) is 14.7. The molecule has 1 saturated heterocycles. The van der Waals surface area contributed by atoms with Crippen LogP contribution in [0.2, 0.25) is 0 Å². The average molecular weight is 306 g/mol. The summed E-state index contributed by atoms with van der Waals surface area (Å²) < 4.78 is 0.660. The lowest BCUT2D eigenvalue weighted by atomic mass is 10.2. The monoisotopic (exact) mass is 306 g/mol. The molecule has 20 heavy (non-hydrogen) atoms. The Hall–Kier alpha value is -1.33. The second-order valence-corrected chi connectivity index (χ2v) is 6.50. The minimum atomic E-state index is 0.0264. The summed E-state index contributed by atoms with van der Waals surface area (Å²) >= 11 is 6.64. The van der Waals surface area contributed by atoms with Crippen LogP contribution >= 0.6 is 24.0 Å². The maximum atomic E-state index is 12.2. The molecule has 5 heteroatoms. The van der Waals surface area contributed by atoms with E-state index in [1.807, 2.05) is 56.3 Å². The number of nitrogens with zero attached hydrogens (tertiary/aromatic N) is 2. The van der Waals surface area contributed by atoms with Crippen LogP contribution in [0, 0.1) is 0 Å². The molecule has 3 nitrogen and oxygen atoms in total. The molecule has 0 saturated carbocycles. The van der Waals surface area contributed by atoms with Crippen molar-refractivity contribution in [1.82, 2.24) is 4.90 Å². The van der Waals surface area contributed by atoms with Crippen LogP contribution in [0.3, 0.4) is 0 Å². The number of hydrogen-bond acceptors (Lipinski definition) is 4. The lowest BCUT2D eigenvalue weighted by Crippen LogP contribution is -2.28. The lowest BCUT2D eigenvalue weighted by molar-refractivity contribution is -0.122. The summed E-state index contributed by atoms with van der Waals surface area (Å²) in [5.74, 6) is 0.0264. The van der Waals surface area contributed by atoms with E-state index in [2.05, 4.69) is 0 Å². The molecule has 0 N–H and O–H groups in total. The summed E-state index contributed by atoms with van der Waals surface area (Å²) in [6, 6.07) is 8.11. The Morgan fingerprint density at radius 3 is 2.50 bits per heavy atom. The van der Waals surface area contributed by atoms with E-state index in [4.69, 9.17) is 12.2 Å². The van der Waals surface area contributed by atoms with Gasteiger partial charge in [0.15, 0.2) is 0 Å². The fourth-order valence-electron chi connectivity index (χ4n) is 1.94. The van der Waals surface area contributed by atoms with E-state index in [0.29, 0.717) is 15.8 Å². The number of amides is 1. The molecule has 0 aliphatic carbocycles. The standard InChI is InChI=1S/C15H18N2OS2/c1-4-9-17-14(18)13(20-15(17)19)10-11-5-7-12(8-6-11)16(2)3/h5-8,10H,4,9H2,1-3H3. The normalized spacial score (nSPS) is 17.1. The Morgan fingerprint density at radius 1 is 1.30 bits per heavy atom. The van der Waals surface area contributed by atoms with Crippen LogP contribution in [0.4, 0.5) is 5.69 Å². The Morgan fingerprint density at radius 2 is 1.95 bits per heavy atom. The van der Waals surface area contributed by atoms with E-state index in [1.54, 1.807) is 4.90 Å². The highest BCUT2D eigenvalue weighted by Gasteiger charge is 2.30. The van der Waals surface area contributed by atoms with Crippen LogP contribution in [0.15, 0.2) is 29.2 Å². The molecule has 1 aliphatic heterocycles. The zero-order valence-electron chi connectivity index (χ0n) is 11.9. The third-order valence-electron chi connectivity index (χ3n) is 3.03. The number of carbonyl (C=O) groups is 1. The Labute approximate surface area is 129 Å². The molecule has 0 bridgehead atoms. The first kappa shape index (κ1) is 15.1. The molecule has 2 rings (SSSR count). The molecule has 0 atom stereocenters. The summed E-state index contributed by atoms with van der Waals surface area (Å²) in [6.07, 6.45) is 2.83. The van der Waals surface area contributed by atoms with Crippen molar-refractivity contribution >= 4 is 46.0 Å². The van der Waals surface area contributed by atoms with Crippen LogP contribution in [0.5, 0.6) is 0 Å². The molecular weight excluding hydrogens is 288 g/mol. The quantitative estimate of drug-likeness (QED) is 0.628. The number of thiocarbonyl (C=S) groups is 1. The van der Waals surface area contributed by atoms with Crippen molar-refractivity contribution in [2.24, 2.45) is 0 Å². The predicted molar refractivity (Wildman–Crippen MR) is 90.9 cm³/mol. The Kier molecular flexibility index (Phi) is 4.83. The van der Waals surface area contributed by atoms with E-state index in [1.165, 1.54) is 11.8 Å². The van der Waals surface area contributed by atoms with Crippen molar-refractivity contribution < 1.29 is 4.79 Å². The van der Waals surface area contributed by atoms with Crippen LogP contribution in [-0.4, -0.2) is 35.8 Å². The summed E-state index contributed by atoms with van der Waals surface area (Å²) in [4.78, 5) is 16.7. The largest absolute Gasteiger partial charge is 0.378 e. The molecule has 1 aliphatic rings. The summed E-state index contributed by atoms with van der Waals surface area (Å²) in [6.45, 7) is 2.74. The average Bonchev–Trinajstić information content (AvgIpc) is 2.67. The van der Waals surface area contributed by atoms with Crippen molar-refractivity contribution in [3.05, 3.63) is 34.7 Å². The van der Waals surface area contributed by atoms with E-state index in [0.717, 1.165) is 17.7 Å².